The third kappa shape index (κ3) is 3.95. The van der Waals surface area contributed by atoms with Gasteiger partial charge in [-0.3, -0.25) is 14.0 Å². The van der Waals surface area contributed by atoms with Crippen LogP contribution in [0, 0.1) is 0 Å². The highest BCUT2D eigenvalue weighted by molar-refractivity contribution is 5.81. The van der Waals surface area contributed by atoms with E-state index >= 15 is 0 Å². The maximum atomic E-state index is 12.6. The maximum Gasteiger partial charge on any atom is 0.291 e. The van der Waals surface area contributed by atoms with E-state index in [4.69, 9.17) is 4.42 Å². The van der Waals surface area contributed by atoms with Gasteiger partial charge in [-0.2, -0.15) is 5.10 Å². The van der Waals surface area contributed by atoms with Crippen molar-refractivity contribution in [2.24, 2.45) is 0 Å². The molecular formula is C19H26N6O3. The Morgan fingerprint density at radius 3 is 2.86 bits per heavy atom. The molecule has 9 nitrogen and oxygen atoms in total. The van der Waals surface area contributed by atoms with Crippen LogP contribution >= 0.6 is 0 Å². The Hall–Kier alpha value is -2.65. The van der Waals surface area contributed by atoms with Crippen LogP contribution in [0.2, 0.25) is 0 Å². The van der Waals surface area contributed by atoms with Gasteiger partial charge in [0.2, 0.25) is 5.91 Å². The predicted octanol–water partition coefficient (Wildman–Crippen LogP) is 0.386. The van der Waals surface area contributed by atoms with Crippen LogP contribution in [0.3, 0.4) is 0 Å². The van der Waals surface area contributed by atoms with Crippen molar-refractivity contribution in [2.45, 2.75) is 19.4 Å². The highest BCUT2D eigenvalue weighted by Crippen LogP contribution is 2.18. The smallest absolute Gasteiger partial charge is 0.291 e. The minimum absolute atomic E-state index is 0.0592. The Bertz CT molecular complexity index is 1010. The molecule has 1 aliphatic rings. The van der Waals surface area contributed by atoms with Crippen molar-refractivity contribution in [3.05, 3.63) is 35.1 Å². The van der Waals surface area contributed by atoms with Crippen molar-refractivity contribution < 1.29 is 9.21 Å². The third-order valence-corrected chi connectivity index (χ3v) is 5.34. The van der Waals surface area contributed by atoms with E-state index in [1.807, 2.05) is 0 Å². The van der Waals surface area contributed by atoms with Crippen molar-refractivity contribution in [1.82, 2.24) is 29.3 Å². The van der Waals surface area contributed by atoms with Gasteiger partial charge in [-0.05, 0) is 20.0 Å². The number of fused-ring (bicyclic) bond motifs is 3. The Balaban J connectivity index is 1.24. The summed E-state index contributed by atoms with van der Waals surface area (Å²) < 4.78 is 8.37. The molecular weight excluding hydrogens is 360 g/mol. The van der Waals surface area contributed by atoms with Crippen molar-refractivity contribution >= 4 is 22.5 Å². The van der Waals surface area contributed by atoms with Crippen LogP contribution in [0.1, 0.15) is 12.8 Å². The van der Waals surface area contributed by atoms with Gasteiger partial charge in [-0.25, -0.2) is 4.68 Å². The van der Waals surface area contributed by atoms with E-state index in [2.05, 4.69) is 27.3 Å². The quantitative estimate of drug-likeness (QED) is 0.591. The number of piperazine rings is 1. The number of aryl methyl sites for hydroxylation is 1. The van der Waals surface area contributed by atoms with E-state index in [0.717, 1.165) is 44.7 Å². The molecule has 0 saturated carbocycles. The lowest BCUT2D eigenvalue weighted by atomic mass is 10.3. The molecule has 3 aromatic rings. The number of rotatable bonds is 7. The van der Waals surface area contributed by atoms with Gasteiger partial charge in [0.1, 0.15) is 11.8 Å². The average Bonchev–Trinajstić information content (AvgIpc) is 3.28. The molecule has 0 radical (unpaired) electrons. The van der Waals surface area contributed by atoms with Crippen LogP contribution in [0.25, 0.3) is 16.6 Å². The Morgan fingerprint density at radius 2 is 2.04 bits per heavy atom. The normalized spacial score (nSPS) is 16.2. The minimum Gasteiger partial charge on any atom is -0.463 e. The molecule has 1 amide bonds. The number of amides is 1. The number of likely N-dealkylation sites (N-methyl/N-ethyl adjacent to an activating group) is 1. The number of carbonyl (C=O) groups is 1. The largest absolute Gasteiger partial charge is 0.463 e. The van der Waals surface area contributed by atoms with Crippen LogP contribution in [0.4, 0.5) is 0 Å². The van der Waals surface area contributed by atoms with E-state index in [1.165, 1.54) is 4.68 Å². The molecule has 0 unspecified atom stereocenters. The molecule has 9 heteroatoms. The molecule has 0 aliphatic carbocycles. The van der Waals surface area contributed by atoms with Crippen molar-refractivity contribution in [3.8, 4) is 0 Å². The first-order chi connectivity index (χ1) is 13.6. The van der Waals surface area contributed by atoms with Gasteiger partial charge >= 0.3 is 0 Å². The lowest BCUT2D eigenvalue weighted by molar-refractivity contribution is -0.121. The minimum atomic E-state index is -0.225. The number of hydrogen-bond acceptors (Lipinski definition) is 6. The van der Waals surface area contributed by atoms with E-state index in [0.29, 0.717) is 17.6 Å². The summed E-state index contributed by atoms with van der Waals surface area (Å²) in [5.74, 6) is -0.0592. The third-order valence-electron chi connectivity index (χ3n) is 5.34. The van der Waals surface area contributed by atoms with Gasteiger partial charge in [0.25, 0.3) is 5.56 Å². The number of furan rings is 1. The van der Waals surface area contributed by atoms with E-state index in [-0.39, 0.29) is 24.4 Å². The second kappa shape index (κ2) is 8.15. The number of nitrogens with zero attached hydrogens (tertiary/aromatic N) is 5. The average molecular weight is 386 g/mol. The number of carbonyl (C=O) groups excluding carboxylic acids is 1. The topological polar surface area (TPSA) is 88.0 Å². The fourth-order valence-electron chi connectivity index (χ4n) is 3.59. The van der Waals surface area contributed by atoms with Crippen molar-refractivity contribution in [3.63, 3.8) is 0 Å². The van der Waals surface area contributed by atoms with Gasteiger partial charge < -0.3 is 19.5 Å². The van der Waals surface area contributed by atoms with Crippen LogP contribution < -0.4 is 10.9 Å². The predicted molar refractivity (Wildman–Crippen MR) is 105 cm³/mol. The first-order valence-electron chi connectivity index (χ1n) is 9.74. The van der Waals surface area contributed by atoms with Gasteiger partial charge in [0.05, 0.1) is 18.3 Å². The first-order valence-corrected chi connectivity index (χ1v) is 9.74. The second-order valence-corrected chi connectivity index (χ2v) is 7.33. The second-order valence-electron chi connectivity index (χ2n) is 7.33. The summed E-state index contributed by atoms with van der Waals surface area (Å²) in [7, 11) is 2.14. The van der Waals surface area contributed by atoms with Gasteiger partial charge in [-0.1, -0.05) is 0 Å². The molecule has 0 bridgehead atoms. The highest BCUT2D eigenvalue weighted by atomic mass is 16.3. The van der Waals surface area contributed by atoms with Crippen LogP contribution in [0.15, 0.2) is 33.9 Å². The summed E-state index contributed by atoms with van der Waals surface area (Å²) in [5, 5.41) is 7.11. The lowest BCUT2D eigenvalue weighted by Crippen LogP contribution is -2.45. The number of hydrogen-bond donors (Lipinski definition) is 1. The van der Waals surface area contributed by atoms with Crippen LogP contribution in [-0.4, -0.2) is 76.2 Å². The first kappa shape index (κ1) is 18.7. The zero-order chi connectivity index (χ0) is 19.5. The molecule has 4 heterocycles. The molecule has 0 aromatic carbocycles. The maximum absolute atomic E-state index is 12.6. The summed E-state index contributed by atoms with van der Waals surface area (Å²) in [6.45, 7) is 6.29. The van der Waals surface area contributed by atoms with E-state index in [9.17, 15) is 9.59 Å². The van der Waals surface area contributed by atoms with E-state index < -0.39 is 0 Å². The number of aromatic nitrogens is 3. The molecule has 1 aliphatic heterocycles. The highest BCUT2D eigenvalue weighted by Gasteiger charge is 2.14. The van der Waals surface area contributed by atoms with Crippen LogP contribution in [0.5, 0.6) is 0 Å². The van der Waals surface area contributed by atoms with Gasteiger partial charge in [-0.15, -0.1) is 0 Å². The molecule has 1 saturated heterocycles. The molecule has 0 atom stereocenters. The van der Waals surface area contributed by atoms with Gasteiger partial charge in [0, 0.05) is 51.3 Å². The molecule has 4 rings (SSSR count). The van der Waals surface area contributed by atoms with Crippen molar-refractivity contribution in [2.75, 3.05) is 46.3 Å². The van der Waals surface area contributed by atoms with Crippen LogP contribution in [-0.2, 0) is 11.3 Å². The summed E-state index contributed by atoms with van der Waals surface area (Å²) >= 11 is 0. The SMILES string of the molecule is CN1CCN(CCCNC(=O)CCn2ncn3c(cc4occc43)c2=O)CC1. The molecule has 0 spiro atoms. The zero-order valence-corrected chi connectivity index (χ0v) is 16.1. The Morgan fingerprint density at radius 1 is 1.21 bits per heavy atom. The van der Waals surface area contributed by atoms with Gasteiger partial charge in [0.15, 0.2) is 5.58 Å². The monoisotopic (exact) mass is 386 g/mol. The lowest BCUT2D eigenvalue weighted by Gasteiger charge is -2.32. The molecule has 150 valence electrons. The Kier molecular flexibility index (Phi) is 5.45. The van der Waals surface area contributed by atoms with Crippen molar-refractivity contribution in [1.29, 1.82) is 0 Å². The summed E-state index contributed by atoms with van der Waals surface area (Å²) in [5.41, 5.74) is 1.73. The van der Waals surface area contributed by atoms with E-state index in [1.54, 1.807) is 29.1 Å². The standard InChI is InChI=1S/C19H26N6O3/c1-22-8-10-23(11-9-22)6-2-5-20-18(26)3-7-25-19(27)16-13-17-15(4-12-28-17)24(16)14-21-25/h4,12-14H,2-3,5-11H2,1H3,(H,20,26). The fraction of sp³-hybridized carbons (Fsp3) is 0.526. The molecule has 1 N–H and O–H groups in total. The molecule has 1 fully saturated rings. The fourth-order valence-corrected chi connectivity index (χ4v) is 3.59. The summed E-state index contributed by atoms with van der Waals surface area (Å²) in [6, 6.07) is 3.50. The Labute approximate surface area is 162 Å². The summed E-state index contributed by atoms with van der Waals surface area (Å²) in [4.78, 5) is 29.4. The molecule has 3 aromatic heterocycles. The number of nitrogens with one attached hydrogen (secondary N) is 1. The summed E-state index contributed by atoms with van der Waals surface area (Å²) in [6.07, 6.45) is 4.33. The zero-order valence-electron chi connectivity index (χ0n) is 16.1. The molecule has 28 heavy (non-hydrogen) atoms.